The minimum Gasteiger partial charge on any atom is -0.303 e. The molecule has 0 N–H and O–H groups in total. The Hall–Kier alpha value is -2.83. The van der Waals surface area contributed by atoms with Gasteiger partial charge < -0.3 is 4.57 Å². The quantitative estimate of drug-likeness (QED) is 0.427. The third-order valence-corrected chi connectivity index (χ3v) is 5.95. The number of imidazole rings is 1. The first-order chi connectivity index (χ1) is 12.9. The molecule has 0 amide bonds. The summed E-state index contributed by atoms with van der Waals surface area (Å²) in [5.41, 5.74) is 3.85. The summed E-state index contributed by atoms with van der Waals surface area (Å²) in [7, 11) is 0. The van der Waals surface area contributed by atoms with Crippen LogP contribution >= 0.6 is 22.7 Å². The highest BCUT2D eigenvalue weighted by Crippen LogP contribution is 2.33. The van der Waals surface area contributed by atoms with Gasteiger partial charge in [-0.2, -0.15) is 0 Å². The van der Waals surface area contributed by atoms with Crippen LogP contribution in [0.5, 0.6) is 0 Å². The number of rotatable bonds is 4. The molecule has 6 heteroatoms. The second kappa shape index (κ2) is 6.48. The molecule has 0 aliphatic heterocycles. The number of hydrogen-bond acceptors (Lipinski definition) is 5. The normalized spacial score (nSPS) is 11.2. The molecule has 5 rings (SSSR count). The SMILES string of the molecule is c1ccc(Cn2c(-c3cccs3)nc3c(-c4cccs4)ncnc32)cc1. The lowest BCUT2D eigenvalue weighted by Gasteiger charge is -2.08. The molecule has 0 saturated carbocycles. The lowest BCUT2D eigenvalue weighted by atomic mass is 10.2. The van der Waals surface area contributed by atoms with Gasteiger partial charge in [-0.25, -0.2) is 15.0 Å². The van der Waals surface area contributed by atoms with Crippen LogP contribution in [0, 0.1) is 0 Å². The van der Waals surface area contributed by atoms with E-state index in [1.54, 1.807) is 29.0 Å². The molecular formula is C20H14N4S2. The Morgan fingerprint density at radius 2 is 1.58 bits per heavy atom. The molecular weight excluding hydrogens is 360 g/mol. The summed E-state index contributed by atoms with van der Waals surface area (Å²) in [6.45, 7) is 0.728. The highest BCUT2D eigenvalue weighted by Gasteiger charge is 2.19. The summed E-state index contributed by atoms with van der Waals surface area (Å²) < 4.78 is 2.19. The second-order valence-electron chi connectivity index (χ2n) is 5.86. The third kappa shape index (κ3) is 2.64. The number of benzene rings is 1. The van der Waals surface area contributed by atoms with Crippen molar-refractivity contribution >= 4 is 33.8 Å². The summed E-state index contributed by atoms with van der Waals surface area (Å²) in [6.07, 6.45) is 1.64. The number of fused-ring (bicyclic) bond motifs is 1. The maximum absolute atomic E-state index is 4.96. The molecule has 0 radical (unpaired) electrons. The van der Waals surface area contributed by atoms with Crippen LogP contribution in [0.15, 0.2) is 71.7 Å². The zero-order valence-corrected chi connectivity index (χ0v) is 15.4. The van der Waals surface area contributed by atoms with Gasteiger partial charge in [-0.15, -0.1) is 22.7 Å². The summed E-state index contributed by atoms with van der Waals surface area (Å²) in [5.74, 6) is 0.942. The molecule has 0 atom stereocenters. The lowest BCUT2D eigenvalue weighted by Crippen LogP contribution is -2.02. The Kier molecular flexibility index (Phi) is 3.84. The van der Waals surface area contributed by atoms with E-state index in [9.17, 15) is 0 Å². The minimum atomic E-state index is 0.728. The van der Waals surface area contributed by atoms with Crippen molar-refractivity contribution in [2.45, 2.75) is 6.54 Å². The number of hydrogen-bond donors (Lipinski definition) is 0. The van der Waals surface area contributed by atoms with Crippen LogP contribution in [0.3, 0.4) is 0 Å². The zero-order chi connectivity index (χ0) is 17.3. The van der Waals surface area contributed by atoms with Gasteiger partial charge in [0.05, 0.1) is 16.3 Å². The van der Waals surface area contributed by atoms with Crippen LogP contribution in [-0.2, 0) is 6.54 Å². The molecule has 0 aliphatic carbocycles. The first-order valence-electron chi connectivity index (χ1n) is 8.23. The van der Waals surface area contributed by atoms with E-state index >= 15 is 0 Å². The predicted molar refractivity (Wildman–Crippen MR) is 107 cm³/mol. The van der Waals surface area contributed by atoms with Crippen LogP contribution in [-0.4, -0.2) is 19.5 Å². The Balaban J connectivity index is 1.76. The van der Waals surface area contributed by atoms with Gasteiger partial charge in [-0.3, -0.25) is 0 Å². The Labute approximate surface area is 158 Å². The smallest absolute Gasteiger partial charge is 0.164 e. The van der Waals surface area contributed by atoms with E-state index in [1.165, 1.54) is 5.56 Å². The highest BCUT2D eigenvalue weighted by atomic mass is 32.1. The van der Waals surface area contributed by atoms with Crippen molar-refractivity contribution in [3.8, 4) is 21.3 Å². The lowest BCUT2D eigenvalue weighted by molar-refractivity contribution is 0.824. The molecule has 126 valence electrons. The Morgan fingerprint density at radius 3 is 2.31 bits per heavy atom. The van der Waals surface area contributed by atoms with Crippen LogP contribution in [0.1, 0.15) is 5.56 Å². The molecule has 0 unspecified atom stereocenters. The first kappa shape index (κ1) is 15.4. The zero-order valence-electron chi connectivity index (χ0n) is 13.7. The van der Waals surface area contributed by atoms with Crippen molar-refractivity contribution in [1.29, 1.82) is 0 Å². The van der Waals surface area contributed by atoms with Gasteiger partial charge in [-0.05, 0) is 28.5 Å². The van der Waals surface area contributed by atoms with E-state index in [0.29, 0.717) is 0 Å². The maximum Gasteiger partial charge on any atom is 0.164 e. The molecule has 0 aliphatic rings. The van der Waals surface area contributed by atoms with E-state index in [2.05, 4.69) is 67.8 Å². The van der Waals surface area contributed by atoms with E-state index < -0.39 is 0 Å². The molecule has 0 bridgehead atoms. The number of nitrogens with zero attached hydrogens (tertiary/aromatic N) is 4. The monoisotopic (exact) mass is 374 g/mol. The van der Waals surface area contributed by atoms with Gasteiger partial charge in [0.1, 0.15) is 17.5 Å². The standard InChI is InChI=1S/C20H14N4S2/c1-2-6-14(7-3-1)12-24-19(16-9-5-11-26-16)23-18-17(15-8-4-10-25-15)21-13-22-20(18)24/h1-11,13H,12H2. The topological polar surface area (TPSA) is 43.6 Å². The van der Waals surface area contributed by atoms with E-state index in [0.717, 1.165) is 39.0 Å². The van der Waals surface area contributed by atoms with Crippen LogP contribution in [0.25, 0.3) is 32.4 Å². The van der Waals surface area contributed by atoms with Gasteiger partial charge in [0, 0.05) is 0 Å². The Morgan fingerprint density at radius 1 is 0.808 bits per heavy atom. The molecule has 1 aromatic carbocycles. The van der Waals surface area contributed by atoms with Crippen molar-refractivity contribution in [3.63, 3.8) is 0 Å². The fourth-order valence-corrected chi connectivity index (χ4v) is 4.48. The molecule has 4 heterocycles. The summed E-state index contributed by atoms with van der Waals surface area (Å²) in [5, 5.41) is 4.14. The summed E-state index contributed by atoms with van der Waals surface area (Å²) >= 11 is 3.36. The van der Waals surface area contributed by atoms with Crippen molar-refractivity contribution in [2.75, 3.05) is 0 Å². The van der Waals surface area contributed by atoms with Crippen LogP contribution in [0.2, 0.25) is 0 Å². The summed E-state index contributed by atoms with van der Waals surface area (Å²) in [6, 6.07) is 18.7. The van der Waals surface area contributed by atoms with E-state index in [1.807, 2.05) is 12.1 Å². The molecule has 4 nitrogen and oxygen atoms in total. The largest absolute Gasteiger partial charge is 0.303 e. The fourth-order valence-electron chi connectivity index (χ4n) is 3.04. The average Bonchev–Trinajstić information content (AvgIpc) is 3.43. The highest BCUT2D eigenvalue weighted by molar-refractivity contribution is 7.13. The van der Waals surface area contributed by atoms with Crippen molar-refractivity contribution < 1.29 is 0 Å². The van der Waals surface area contributed by atoms with Crippen molar-refractivity contribution in [3.05, 3.63) is 77.2 Å². The fraction of sp³-hybridized carbons (Fsp3) is 0.0500. The van der Waals surface area contributed by atoms with Crippen molar-refractivity contribution in [1.82, 2.24) is 19.5 Å². The third-order valence-electron chi connectivity index (χ3n) is 4.21. The first-order valence-corrected chi connectivity index (χ1v) is 9.99. The molecule has 0 saturated heterocycles. The van der Waals surface area contributed by atoms with Gasteiger partial charge in [0.2, 0.25) is 0 Å². The Bertz CT molecular complexity index is 1140. The molecule has 4 aromatic heterocycles. The molecule has 26 heavy (non-hydrogen) atoms. The van der Waals surface area contributed by atoms with Crippen molar-refractivity contribution in [2.24, 2.45) is 0 Å². The maximum atomic E-state index is 4.96. The van der Waals surface area contributed by atoms with Crippen LogP contribution < -0.4 is 0 Å². The predicted octanol–water partition coefficient (Wildman–Crippen LogP) is 5.33. The van der Waals surface area contributed by atoms with Gasteiger partial charge in [0.15, 0.2) is 11.5 Å². The minimum absolute atomic E-state index is 0.728. The number of thiophene rings is 2. The van der Waals surface area contributed by atoms with Gasteiger partial charge in [-0.1, -0.05) is 42.5 Å². The van der Waals surface area contributed by atoms with Gasteiger partial charge >= 0.3 is 0 Å². The summed E-state index contributed by atoms with van der Waals surface area (Å²) in [4.78, 5) is 16.3. The molecule has 5 aromatic rings. The van der Waals surface area contributed by atoms with E-state index in [-0.39, 0.29) is 0 Å². The molecule has 0 fully saturated rings. The average molecular weight is 374 g/mol. The van der Waals surface area contributed by atoms with Crippen LogP contribution in [0.4, 0.5) is 0 Å². The molecule has 0 spiro atoms. The second-order valence-corrected chi connectivity index (χ2v) is 7.75. The van der Waals surface area contributed by atoms with E-state index in [4.69, 9.17) is 4.98 Å². The number of aromatic nitrogens is 4. The van der Waals surface area contributed by atoms with Gasteiger partial charge in [0.25, 0.3) is 0 Å².